The Hall–Kier alpha value is -2.31. The summed E-state index contributed by atoms with van der Waals surface area (Å²) in [6.45, 7) is 6.66. The van der Waals surface area contributed by atoms with E-state index in [0.29, 0.717) is 19.5 Å². The van der Waals surface area contributed by atoms with Gasteiger partial charge < -0.3 is 19.5 Å². The number of nitrogens with one attached hydrogen (secondary N) is 1. The SMILES string of the molecule is CN(CC(=O)NC(C)(C)C)C(=O)C1CCCN(C(=O)c2ccco2)C1. The lowest BCUT2D eigenvalue weighted by Gasteiger charge is -2.33. The second-order valence-electron chi connectivity index (χ2n) is 7.56. The van der Waals surface area contributed by atoms with Gasteiger partial charge in [0.2, 0.25) is 11.8 Å². The van der Waals surface area contributed by atoms with E-state index in [4.69, 9.17) is 4.42 Å². The van der Waals surface area contributed by atoms with Crippen molar-refractivity contribution in [1.82, 2.24) is 15.1 Å². The van der Waals surface area contributed by atoms with Crippen LogP contribution in [0.1, 0.15) is 44.2 Å². The van der Waals surface area contributed by atoms with E-state index in [1.165, 1.54) is 11.2 Å². The first kappa shape index (κ1) is 19.0. The molecule has 1 aromatic heterocycles. The highest BCUT2D eigenvalue weighted by atomic mass is 16.3. The van der Waals surface area contributed by atoms with Gasteiger partial charge in [-0.05, 0) is 45.7 Å². The van der Waals surface area contributed by atoms with Crippen LogP contribution in [0.3, 0.4) is 0 Å². The van der Waals surface area contributed by atoms with Gasteiger partial charge in [-0.15, -0.1) is 0 Å². The van der Waals surface area contributed by atoms with Crippen molar-refractivity contribution >= 4 is 17.7 Å². The van der Waals surface area contributed by atoms with Gasteiger partial charge >= 0.3 is 0 Å². The molecule has 3 amide bonds. The molecule has 1 saturated heterocycles. The highest BCUT2D eigenvalue weighted by Crippen LogP contribution is 2.20. The Kier molecular flexibility index (Phi) is 5.87. The first-order chi connectivity index (χ1) is 11.7. The molecule has 0 aliphatic carbocycles. The Morgan fingerprint density at radius 2 is 2.08 bits per heavy atom. The number of likely N-dealkylation sites (tertiary alicyclic amines) is 1. The van der Waals surface area contributed by atoms with Crippen LogP contribution in [0, 0.1) is 5.92 Å². The summed E-state index contributed by atoms with van der Waals surface area (Å²) in [7, 11) is 1.62. The van der Waals surface area contributed by atoms with E-state index >= 15 is 0 Å². The third kappa shape index (κ3) is 5.34. The van der Waals surface area contributed by atoms with Gasteiger partial charge in [0.25, 0.3) is 5.91 Å². The normalized spacial score (nSPS) is 17.9. The van der Waals surface area contributed by atoms with E-state index in [1.807, 2.05) is 20.8 Å². The molecule has 7 nitrogen and oxygen atoms in total. The minimum Gasteiger partial charge on any atom is -0.459 e. The monoisotopic (exact) mass is 349 g/mol. The zero-order valence-electron chi connectivity index (χ0n) is 15.4. The van der Waals surface area contributed by atoms with E-state index in [-0.39, 0.29) is 41.5 Å². The largest absolute Gasteiger partial charge is 0.459 e. The molecule has 2 rings (SSSR count). The second-order valence-corrected chi connectivity index (χ2v) is 7.56. The van der Waals surface area contributed by atoms with Crippen LogP contribution < -0.4 is 5.32 Å². The van der Waals surface area contributed by atoms with Gasteiger partial charge in [-0.3, -0.25) is 14.4 Å². The van der Waals surface area contributed by atoms with Crippen LogP contribution in [0.5, 0.6) is 0 Å². The Morgan fingerprint density at radius 3 is 2.68 bits per heavy atom. The number of furan rings is 1. The number of amides is 3. The van der Waals surface area contributed by atoms with Crippen LogP contribution in [-0.4, -0.2) is 59.7 Å². The third-order valence-electron chi connectivity index (χ3n) is 4.06. The summed E-state index contributed by atoms with van der Waals surface area (Å²) in [6, 6.07) is 3.29. The topological polar surface area (TPSA) is 82.9 Å². The molecule has 0 saturated carbocycles. The summed E-state index contributed by atoms with van der Waals surface area (Å²) in [5, 5.41) is 2.84. The molecule has 138 valence electrons. The molecule has 1 N–H and O–H groups in total. The molecule has 0 bridgehead atoms. The quantitative estimate of drug-likeness (QED) is 0.893. The van der Waals surface area contributed by atoms with Crippen LogP contribution in [-0.2, 0) is 9.59 Å². The molecule has 0 aromatic carbocycles. The lowest BCUT2D eigenvalue weighted by atomic mass is 9.96. The molecular formula is C18H27N3O4. The standard InChI is InChI=1S/C18H27N3O4/c1-18(2,3)19-15(22)12-20(4)16(23)13-7-5-9-21(11-13)17(24)14-8-6-10-25-14/h6,8,10,13H,5,7,9,11-12H2,1-4H3,(H,19,22). The Balaban J connectivity index is 1.92. The highest BCUT2D eigenvalue weighted by Gasteiger charge is 2.32. The molecule has 1 aliphatic rings. The first-order valence-corrected chi connectivity index (χ1v) is 8.56. The van der Waals surface area contributed by atoms with E-state index in [2.05, 4.69) is 5.32 Å². The van der Waals surface area contributed by atoms with Crippen LogP contribution in [0.15, 0.2) is 22.8 Å². The van der Waals surface area contributed by atoms with Crippen LogP contribution in [0.25, 0.3) is 0 Å². The lowest BCUT2D eigenvalue weighted by molar-refractivity contribution is -0.139. The summed E-state index contributed by atoms with van der Waals surface area (Å²) < 4.78 is 5.15. The van der Waals surface area contributed by atoms with E-state index < -0.39 is 0 Å². The summed E-state index contributed by atoms with van der Waals surface area (Å²) in [5.41, 5.74) is -0.335. The highest BCUT2D eigenvalue weighted by molar-refractivity contribution is 5.92. The molecule has 1 atom stereocenters. The average molecular weight is 349 g/mol. The maximum atomic E-state index is 12.6. The number of piperidine rings is 1. The number of hydrogen-bond acceptors (Lipinski definition) is 4. The number of carbonyl (C=O) groups is 3. The molecule has 7 heteroatoms. The zero-order chi connectivity index (χ0) is 18.6. The number of rotatable bonds is 4. The predicted molar refractivity (Wildman–Crippen MR) is 92.9 cm³/mol. The fourth-order valence-electron chi connectivity index (χ4n) is 2.98. The maximum absolute atomic E-state index is 12.6. The number of likely N-dealkylation sites (N-methyl/N-ethyl adjacent to an activating group) is 1. The number of carbonyl (C=O) groups excluding carboxylic acids is 3. The summed E-state index contributed by atoms with van der Waals surface area (Å²) in [6.07, 6.45) is 2.93. The molecule has 2 heterocycles. The van der Waals surface area contributed by atoms with Crippen molar-refractivity contribution in [3.8, 4) is 0 Å². The first-order valence-electron chi connectivity index (χ1n) is 8.56. The van der Waals surface area contributed by atoms with Crippen LogP contribution >= 0.6 is 0 Å². The van der Waals surface area contributed by atoms with E-state index in [1.54, 1.807) is 24.1 Å². The lowest BCUT2D eigenvalue weighted by Crippen LogP contribution is -2.49. The van der Waals surface area contributed by atoms with Gasteiger partial charge in [0.05, 0.1) is 18.7 Å². The maximum Gasteiger partial charge on any atom is 0.289 e. The second kappa shape index (κ2) is 7.72. The summed E-state index contributed by atoms with van der Waals surface area (Å²) in [5.74, 6) is -0.509. The minimum absolute atomic E-state index is 0.0126. The zero-order valence-corrected chi connectivity index (χ0v) is 15.4. The van der Waals surface area contributed by atoms with Gasteiger partial charge in [-0.2, -0.15) is 0 Å². The van der Waals surface area contributed by atoms with Crippen molar-refractivity contribution in [2.24, 2.45) is 5.92 Å². The molecule has 1 aromatic rings. The molecule has 1 unspecified atom stereocenters. The third-order valence-corrected chi connectivity index (χ3v) is 4.06. The smallest absolute Gasteiger partial charge is 0.289 e. The molecule has 1 aliphatic heterocycles. The fourth-order valence-corrected chi connectivity index (χ4v) is 2.98. The Morgan fingerprint density at radius 1 is 1.36 bits per heavy atom. The van der Waals surface area contributed by atoms with Crippen LogP contribution in [0.4, 0.5) is 0 Å². The van der Waals surface area contributed by atoms with Crippen molar-refractivity contribution in [2.45, 2.75) is 39.2 Å². The fraction of sp³-hybridized carbons (Fsp3) is 0.611. The van der Waals surface area contributed by atoms with E-state index in [0.717, 1.165) is 6.42 Å². The van der Waals surface area contributed by atoms with Gasteiger partial charge in [0, 0.05) is 25.7 Å². The average Bonchev–Trinajstić information content (AvgIpc) is 3.06. The molecule has 0 spiro atoms. The van der Waals surface area contributed by atoms with Gasteiger partial charge in [-0.1, -0.05) is 0 Å². The Labute approximate surface area is 148 Å². The molecular weight excluding hydrogens is 322 g/mol. The Bertz CT molecular complexity index is 619. The summed E-state index contributed by atoms with van der Waals surface area (Å²) >= 11 is 0. The van der Waals surface area contributed by atoms with Crippen molar-refractivity contribution in [3.05, 3.63) is 24.2 Å². The van der Waals surface area contributed by atoms with Gasteiger partial charge in [-0.25, -0.2) is 0 Å². The molecule has 1 fully saturated rings. The van der Waals surface area contributed by atoms with Gasteiger partial charge in [0.1, 0.15) is 0 Å². The van der Waals surface area contributed by atoms with Crippen LogP contribution in [0.2, 0.25) is 0 Å². The van der Waals surface area contributed by atoms with Crippen molar-refractivity contribution < 1.29 is 18.8 Å². The van der Waals surface area contributed by atoms with E-state index in [9.17, 15) is 14.4 Å². The molecule has 25 heavy (non-hydrogen) atoms. The number of nitrogens with zero attached hydrogens (tertiary/aromatic N) is 2. The van der Waals surface area contributed by atoms with Crippen molar-refractivity contribution in [1.29, 1.82) is 0 Å². The molecule has 0 radical (unpaired) electrons. The van der Waals surface area contributed by atoms with Crippen molar-refractivity contribution in [2.75, 3.05) is 26.7 Å². The van der Waals surface area contributed by atoms with Crippen molar-refractivity contribution in [3.63, 3.8) is 0 Å². The minimum atomic E-state index is -0.335. The van der Waals surface area contributed by atoms with Gasteiger partial charge in [0.15, 0.2) is 5.76 Å². The number of hydrogen-bond donors (Lipinski definition) is 1. The summed E-state index contributed by atoms with van der Waals surface area (Å²) in [4.78, 5) is 40.1. The predicted octanol–water partition coefficient (Wildman–Crippen LogP) is 1.50.